The number of rotatable bonds is 2. The van der Waals surface area contributed by atoms with E-state index >= 15 is 0 Å². The van der Waals surface area contributed by atoms with Crippen LogP contribution in [0, 0.1) is 0 Å². The van der Waals surface area contributed by atoms with E-state index in [2.05, 4.69) is 15.9 Å². The molecular weight excluding hydrogens is 356 g/mol. The van der Waals surface area contributed by atoms with Crippen molar-refractivity contribution in [2.75, 3.05) is 0 Å². The summed E-state index contributed by atoms with van der Waals surface area (Å²) in [4.78, 5) is -0.213. The highest BCUT2D eigenvalue weighted by atomic mass is 79.9. The van der Waals surface area contributed by atoms with Crippen molar-refractivity contribution in [3.05, 3.63) is 45.9 Å². The van der Waals surface area contributed by atoms with Crippen molar-refractivity contribution in [3.8, 4) is 11.5 Å². The van der Waals surface area contributed by atoms with Gasteiger partial charge in [0.1, 0.15) is 0 Å². The van der Waals surface area contributed by atoms with E-state index < -0.39 is 21.3 Å². The van der Waals surface area contributed by atoms with Crippen LogP contribution < -0.4 is 0 Å². The highest BCUT2D eigenvalue weighted by molar-refractivity contribution is 9.10. The van der Waals surface area contributed by atoms with Gasteiger partial charge < -0.3 is 10.2 Å². The number of hydrogen-bond donors (Lipinski definition) is 2. The molecule has 0 spiro atoms. The van der Waals surface area contributed by atoms with Gasteiger partial charge in [0.25, 0.3) is 0 Å². The van der Waals surface area contributed by atoms with Crippen LogP contribution in [-0.4, -0.2) is 18.6 Å². The SMILES string of the molecule is O=S(=O)(c1ccc(Br)cc1)c1cc(O)c(O)cc1Cl. The molecule has 2 aromatic carbocycles. The van der Waals surface area contributed by atoms with E-state index in [1.54, 1.807) is 12.1 Å². The summed E-state index contributed by atoms with van der Waals surface area (Å²) in [5.41, 5.74) is 0. The first kappa shape index (κ1) is 14.2. The van der Waals surface area contributed by atoms with E-state index in [4.69, 9.17) is 11.6 Å². The molecule has 2 aromatic rings. The fourth-order valence-corrected chi connectivity index (χ4v) is 3.54. The van der Waals surface area contributed by atoms with Crippen LogP contribution in [0.3, 0.4) is 0 Å². The Morgan fingerprint density at radius 1 is 1.00 bits per heavy atom. The Kier molecular flexibility index (Phi) is 3.75. The maximum atomic E-state index is 12.3. The Morgan fingerprint density at radius 3 is 2.11 bits per heavy atom. The molecule has 0 bridgehead atoms. The van der Waals surface area contributed by atoms with Crippen LogP contribution in [0.25, 0.3) is 0 Å². The molecule has 2 N–H and O–H groups in total. The van der Waals surface area contributed by atoms with Crippen molar-refractivity contribution in [3.63, 3.8) is 0 Å². The van der Waals surface area contributed by atoms with Crippen molar-refractivity contribution >= 4 is 37.4 Å². The van der Waals surface area contributed by atoms with Gasteiger partial charge in [0.05, 0.1) is 14.8 Å². The second kappa shape index (κ2) is 5.03. The van der Waals surface area contributed by atoms with Gasteiger partial charge in [-0.05, 0) is 24.3 Å². The lowest BCUT2D eigenvalue weighted by molar-refractivity contribution is 0.402. The summed E-state index contributed by atoms with van der Waals surface area (Å²) >= 11 is 9.02. The van der Waals surface area contributed by atoms with Gasteiger partial charge >= 0.3 is 0 Å². The fraction of sp³-hybridized carbons (Fsp3) is 0. The van der Waals surface area contributed by atoms with E-state index in [1.807, 2.05) is 0 Å². The van der Waals surface area contributed by atoms with Crippen LogP contribution in [0.1, 0.15) is 0 Å². The maximum absolute atomic E-state index is 12.3. The molecule has 0 aromatic heterocycles. The Labute approximate surface area is 123 Å². The maximum Gasteiger partial charge on any atom is 0.208 e. The average Bonchev–Trinajstić information content (AvgIpc) is 2.34. The summed E-state index contributed by atoms with van der Waals surface area (Å²) < 4.78 is 25.4. The normalized spacial score (nSPS) is 11.5. The highest BCUT2D eigenvalue weighted by Crippen LogP contribution is 2.36. The Hall–Kier alpha value is -1.24. The van der Waals surface area contributed by atoms with Crippen LogP contribution in [0.15, 0.2) is 50.7 Å². The standard InChI is InChI=1S/C12H8BrClO4S/c13-7-1-3-8(4-2-7)19(17,18)12-6-11(16)10(15)5-9(12)14/h1-6,15-16H. The first-order valence-corrected chi connectivity index (χ1v) is 7.70. The summed E-state index contributed by atoms with van der Waals surface area (Å²) in [6.07, 6.45) is 0. The number of hydrogen-bond acceptors (Lipinski definition) is 4. The van der Waals surface area contributed by atoms with Crippen molar-refractivity contribution in [2.24, 2.45) is 0 Å². The second-order valence-electron chi connectivity index (χ2n) is 3.73. The summed E-state index contributed by atoms with van der Waals surface area (Å²) in [5, 5.41) is 18.5. The van der Waals surface area contributed by atoms with E-state index in [0.717, 1.165) is 16.6 Å². The summed E-state index contributed by atoms with van der Waals surface area (Å²) in [5.74, 6) is -1.01. The summed E-state index contributed by atoms with van der Waals surface area (Å²) in [6.45, 7) is 0. The van der Waals surface area contributed by atoms with Gasteiger partial charge in [-0.25, -0.2) is 8.42 Å². The number of phenols is 2. The minimum atomic E-state index is -3.85. The molecule has 0 unspecified atom stereocenters. The third-order valence-electron chi connectivity index (χ3n) is 2.44. The van der Waals surface area contributed by atoms with Gasteiger partial charge in [0.2, 0.25) is 9.84 Å². The smallest absolute Gasteiger partial charge is 0.208 e. The quantitative estimate of drug-likeness (QED) is 0.803. The molecule has 0 fully saturated rings. The predicted octanol–water partition coefficient (Wildman–Crippen LogP) is 3.35. The third kappa shape index (κ3) is 2.70. The van der Waals surface area contributed by atoms with Gasteiger partial charge in [0, 0.05) is 16.6 Å². The molecule has 0 aliphatic carbocycles. The monoisotopic (exact) mass is 362 g/mol. The molecule has 2 rings (SSSR count). The Balaban J connectivity index is 2.63. The Morgan fingerprint density at radius 2 is 1.53 bits per heavy atom. The zero-order chi connectivity index (χ0) is 14.2. The van der Waals surface area contributed by atoms with Crippen molar-refractivity contribution in [1.82, 2.24) is 0 Å². The van der Waals surface area contributed by atoms with Gasteiger partial charge in [-0.2, -0.15) is 0 Å². The molecule has 0 aliphatic rings. The molecule has 0 saturated carbocycles. The lowest BCUT2D eigenvalue weighted by Crippen LogP contribution is -2.02. The highest BCUT2D eigenvalue weighted by Gasteiger charge is 2.22. The molecule has 19 heavy (non-hydrogen) atoms. The van der Waals surface area contributed by atoms with E-state index in [9.17, 15) is 18.6 Å². The average molecular weight is 364 g/mol. The van der Waals surface area contributed by atoms with Crippen LogP contribution in [0.4, 0.5) is 0 Å². The minimum absolute atomic E-state index is 0.0442. The van der Waals surface area contributed by atoms with Crippen LogP contribution >= 0.6 is 27.5 Å². The van der Waals surface area contributed by atoms with Crippen molar-refractivity contribution in [1.29, 1.82) is 0 Å². The molecule has 100 valence electrons. The first-order chi connectivity index (χ1) is 8.82. The van der Waals surface area contributed by atoms with Crippen molar-refractivity contribution in [2.45, 2.75) is 9.79 Å². The molecule has 4 nitrogen and oxygen atoms in total. The van der Waals surface area contributed by atoms with Gasteiger partial charge in [-0.15, -0.1) is 0 Å². The topological polar surface area (TPSA) is 74.6 Å². The molecule has 0 radical (unpaired) electrons. The number of halogens is 2. The van der Waals surface area contributed by atoms with Gasteiger partial charge in [-0.3, -0.25) is 0 Å². The van der Waals surface area contributed by atoms with E-state index in [-0.39, 0.29) is 14.8 Å². The summed E-state index contributed by atoms with van der Waals surface area (Å²) in [7, 11) is -3.85. The molecule has 0 heterocycles. The molecule has 7 heteroatoms. The molecule has 0 saturated heterocycles. The van der Waals surface area contributed by atoms with E-state index in [1.165, 1.54) is 12.1 Å². The molecular formula is C12H8BrClO4S. The largest absolute Gasteiger partial charge is 0.504 e. The molecule has 0 amide bonds. The minimum Gasteiger partial charge on any atom is -0.504 e. The van der Waals surface area contributed by atoms with Gasteiger partial charge in [0.15, 0.2) is 11.5 Å². The lowest BCUT2D eigenvalue weighted by atomic mass is 10.3. The zero-order valence-corrected chi connectivity index (χ0v) is 12.5. The second-order valence-corrected chi connectivity index (χ2v) is 6.97. The molecule has 0 aliphatic heterocycles. The lowest BCUT2D eigenvalue weighted by Gasteiger charge is -2.08. The summed E-state index contributed by atoms with van der Waals surface area (Å²) in [6, 6.07) is 7.92. The van der Waals surface area contributed by atoms with E-state index in [0.29, 0.717) is 0 Å². The van der Waals surface area contributed by atoms with Crippen LogP contribution in [0.2, 0.25) is 5.02 Å². The first-order valence-electron chi connectivity index (χ1n) is 5.04. The number of benzene rings is 2. The number of phenolic OH excluding ortho intramolecular Hbond substituents is 2. The predicted molar refractivity (Wildman–Crippen MR) is 74.4 cm³/mol. The van der Waals surface area contributed by atoms with Crippen LogP contribution in [-0.2, 0) is 9.84 Å². The van der Waals surface area contributed by atoms with Crippen molar-refractivity contribution < 1.29 is 18.6 Å². The molecule has 0 atom stereocenters. The van der Waals surface area contributed by atoms with Gasteiger partial charge in [-0.1, -0.05) is 27.5 Å². The third-order valence-corrected chi connectivity index (χ3v) is 5.21. The zero-order valence-electron chi connectivity index (χ0n) is 9.34. The van der Waals surface area contributed by atoms with Crippen LogP contribution in [0.5, 0.6) is 11.5 Å². The number of sulfone groups is 1. The number of aromatic hydroxyl groups is 2. The Bertz CT molecular complexity index is 726. The fourth-order valence-electron chi connectivity index (χ4n) is 1.48.